The highest BCUT2D eigenvalue weighted by Gasteiger charge is 2.14. The minimum absolute atomic E-state index is 0.0392. The molecule has 0 unspecified atom stereocenters. The third kappa shape index (κ3) is 4.40. The molecule has 0 aliphatic heterocycles. The molecule has 0 saturated heterocycles. The van der Waals surface area contributed by atoms with Crippen molar-refractivity contribution in [3.05, 3.63) is 100.0 Å². The van der Waals surface area contributed by atoms with E-state index in [1.807, 2.05) is 24.3 Å². The molecule has 0 radical (unpaired) electrons. The SMILES string of the molecule is CC(C)(C)c1ccc(-c2cc(=O)c3cc(NC(=O)c4ccc(F)cc4)ccc3o2)cc1. The van der Waals surface area contributed by atoms with Crippen molar-refractivity contribution in [2.24, 2.45) is 0 Å². The second-order valence-corrected chi connectivity index (χ2v) is 8.47. The molecule has 0 spiro atoms. The highest BCUT2D eigenvalue weighted by Crippen LogP contribution is 2.27. The quantitative estimate of drug-likeness (QED) is 0.437. The number of carbonyl (C=O) groups is 1. The molecular weight excluding hydrogens is 393 g/mol. The predicted molar refractivity (Wildman–Crippen MR) is 121 cm³/mol. The summed E-state index contributed by atoms with van der Waals surface area (Å²) < 4.78 is 19.0. The Hall–Kier alpha value is -3.73. The zero-order chi connectivity index (χ0) is 22.2. The lowest BCUT2D eigenvalue weighted by molar-refractivity contribution is 0.102. The van der Waals surface area contributed by atoms with Gasteiger partial charge in [-0.05, 0) is 53.4 Å². The molecule has 1 amide bonds. The van der Waals surface area contributed by atoms with E-state index in [9.17, 15) is 14.0 Å². The molecular formula is C26H22FNO3. The van der Waals surface area contributed by atoms with Crippen LogP contribution in [-0.2, 0) is 5.41 Å². The van der Waals surface area contributed by atoms with Crippen LogP contribution in [0.3, 0.4) is 0 Å². The Kier molecular flexibility index (Phi) is 5.19. The van der Waals surface area contributed by atoms with Crippen LogP contribution in [0.5, 0.6) is 0 Å². The van der Waals surface area contributed by atoms with Gasteiger partial charge in [0, 0.05) is 22.9 Å². The Labute approximate surface area is 179 Å². The van der Waals surface area contributed by atoms with E-state index in [1.54, 1.807) is 18.2 Å². The number of benzene rings is 3. The number of anilines is 1. The summed E-state index contributed by atoms with van der Waals surface area (Å²) in [6, 6.07) is 19.6. The molecule has 3 aromatic carbocycles. The van der Waals surface area contributed by atoms with E-state index in [0.717, 1.165) is 5.56 Å². The average molecular weight is 415 g/mol. The number of hydrogen-bond acceptors (Lipinski definition) is 3. The highest BCUT2D eigenvalue weighted by atomic mass is 19.1. The van der Waals surface area contributed by atoms with Gasteiger partial charge in [0.05, 0.1) is 5.39 Å². The van der Waals surface area contributed by atoms with E-state index in [2.05, 4.69) is 26.1 Å². The summed E-state index contributed by atoms with van der Waals surface area (Å²) in [6.45, 7) is 6.43. The number of amides is 1. The maximum atomic E-state index is 13.0. The van der Waals surface area contributed by atoms with Gasteiger partial charge in [0.2, 0.25) is 0 Å². The monoisotopic (exact) mass is 415 g/mol. The molecule has 0 atom stereocenters. The van der Waals surface area contributed by atoms with Gasteiger partial charge in [0.1, 0.15) is 17.2 Å². The molecule has 156 valence electrons. The molecule has 4 aromatic rings. The van der Waals surface area contributed by atoms with Gasteiger partial charge in [-0.2, -0.15) is 0 Å². The largest absolute Gasteiger partial charge is 0.456 e. The third-order valence-electron chi connectivity index (χ3n) is 5.13. The molecule has 4 nitrogen and oxygen atoms in total. The second kappa shape index (κ2) is 7.84. The van der Waals surface area contributed by atoms with Crippen molar-refractivity contribution < 1.29 is 13.6 Å². The van der Waals surface area contributed by atoms with Crippen molar-refractivity contribution in [1.82, 2.24) is 0 Å². The first-order valence-corrected chi connectivity index (χ1v) is 9.96. The summed E-state index contributed by atoms with van der Waals surface area (Å²) in [5.74, 6) is -0.316. The van der Waals surface area contributed by atoms with E-state index in [0.29, 0.717) is 28.0 Å². The number of halogens is 1. The fraction of sp³-hybridized carbons (Fsp3) is 0.154. The summed E-state index contributed by atoms with van der Waals surface area (Å²) in [7, 11) is 0. The van der Waals surface area contributed by atoms with Crippen molar-refractivity contribution in [2.75, 3.05) is 5.32 Å². The fourth-order valence-corrected chi connectivity index (χ4v) is 3.32. The van der Waals surface area contributed by atoms with Gasteiger partial charge in [-0.15, -0.1) is 0 Å². The minimum Gasteiger partial charge on any atom is -0.456 e. The molecule has 0 aliphatic rings. The second-order valence-electron chi connectivity index (χ2n) is 8.47. The molecule has 1 N–H and O–H groups in total. The number of carbonyl (C=O) groups excluding carboxylic acids is 1. The van der Waals surface area contributed by atoms with Crippen molar-refractivity contribution in [1.29, 1.82) is 0 Å². The zero-order valence-corrected chi connectivity index (χ0v) is 17.5. The van der Waals surface area contributed by atoms with Crippen LogP contribution < -0.4 is 10.7 Å². The molecule has 0 fully saturated rings. The molecule has 0 aliphatic carbocycles. The fourth-order valence-electron chi connectivity index (χ4n) is 3.32. The van der Waals surface area contributed by atoms with E-state index in [-0.39, 0.29) is 16.8 Å². The van der Waals surface area contributed by atoms with E-state index >= 15 is 0 Å². The Bertz CT molecular complexity index is 1310. The molecule has 0 saturated carbocycles. The standard InChI is InChI=1S/C26H22FNO3/c1-26(2,3)18-8-4-16(5-9-18)24-15-22(29)21-14-20(12-13-23(21)31-24)28-25(30)17-6-10-19(27)11-7-17/h4-15H,1-3H3,(H,28,30). The number of rotatable bonds is 3. The van der Waals surface area contributed by atoms with Crippen LogP contribution in [-0.4, -0.2) is 5.91 Å². The molecule has 1 heterocycles. The van der Waals surface area contributed by atoms with Crippen LogP contribution >= 0.6 is 0 Å². The Morgan fingerprint density at radius 1 is 0.903 bits per heavy atom. The lowest BCUT2D eigenvalue weighted by Crippen LogP contribution is -2.12. The van der Waals surface area contributed by atoms with Crippen LogP contribution in [0, 0.1) is 5.82 Å². The molecule has 5 heteroatoms. The molecule has 4 rings (SSSR count). The van der Waals surface area contributed by atoms with E-state index in [1.165, 1.54) is 35.9 Å². The van der Waals surface area contributed by atoms with Gasteiger partial charge in [-0.3, -0.25) is 9.59 Å². The van der Waals surface area contributed by atoms with Crippen LogP contribution in [0.4, 0.5) is 10.1 Å². The summed E-state index contributed by atoms with van der Waals surface area (Å²) in [6.07, 6.45) is 0. The van der Waals surface area contributed by atoms with E-state index < -0.39 is 5.82 Å². The third-order valence-corrected chi connectivity index (χ3v) is 5.13. The van der Waals surface area contributed by atoms with Gasteiger partial charge < -0.3 is 9.73 Å². The van der Waals surface area contributed by atoms with Crippen LogP contribution in [0.2, 0.25) is 0 Å². The van der Waals surface area contributed by atoms with Gasteiger partial charge >= 0.3 is 0 Å². The summed E-state index contributed by atoms with van der Waals surface area (Å²) in [5, 5.41) is 3.09. The first-order valence-electron chi connectivity index (χ1n) is 9.96. The van der Waals surface area contributed by atoms with E-state index in [4.69, 9.17) is 4.42 Å². The van der Waals surface area contributed by atoms with Crippen molar-refractivity contribution >= 4 is 22.6 Å². The summed E-state index contributed by atoms with van der Waals surface area (Å²) in [4.78, 5) is 25.1. The minimum atomic E-state index is -0.413. The first kappa shape index (κ1) is 20.5. The smallest absolute Gasteiger partial charge is 0.255 e. The van der Waals surface area contributed by atoms with Crippen molar-refractivity contribution in [3.63, 3.8) is 0 Å². The lowest BCUT2D eigenvalue weighted by atomic mass is 9.86. The van der Waals surface area contributed by atoms with Crippen molar-refractivity contribution in [3.8, 4) is 11.3 Å². The summed E-state index contributed by atoms with van der Waals surface area (Å²) in [5.41, 5.74) is 3.06. The number of hydrogen-bond donors (Lipinski definition) is 1. The van der Waals surface area contributed by atoms with Gasteiger partial charge in [0.15, 0.2) is 5.43 Å². The highest BCUT2D eigenvalue weighted by molar-refractivity contribution is 6.05. The predicted octanol–water partition coefficient (Wildman–Crippen LogP) is 6.15. The Morgan fingerprint density at radius 3 is 2.23 bits per heavy atom. The lowest BCUT2D eigenvalue weighted by Gasteiger charge is -2.19. The maximum Gasteiger partial charge on any atom is 0.255 e. The normalized spacial score (nSPS) is 11.5. The van der Waals surface area contributed by atoms with Gasteiger partial charge in [0.25, 0.3) is 5.91 Å². The zero-order valence-electron chi connectivity index (χ0n) is 17.5. The topological polar surface area (TPSA) is 59.3 Å². The molecule has 0 bridgehead atoms. The van der Waals surface area contributed by atoms with Gasteiger partial charge in [-0.25, -0.2) is 4.39 Å². The Morgan fingerprint density at radius 2 is 1.58 bits per heavy atom. The first-order chi connectivity index (χ1) is 14.7. The summed E-state index contributed by atoms with van der Waals surface area (Å²) >= 11 is 0. The number of nitrogens with one attached hydrogen (secondary N) is 1. The molecule has 1 aromatic heterocycles. The maximum absolute atomic E-state index is 13.0. The van der Waals surface area contributed by atoms with Gasteiger partial charge in [-0.1, -0.05) is 45.0 Å². The van der Waals surface area contributed by atoms with Crippen LogP contribution in [0.1, 0.15) is 36.7 Å². The number of fused-ring (bicyclic) bond motifs is 1. The van der Waals surface area contributed by atoms with Crippen molar-refractivity contribution in [2.45, 2.75) is 26.2 Å². The van der Waals surface area contributed by atoms with Crippen LogP contribution in [0.25, 0.3) is 22.3 Å². The molecule has 31 heavy (non-hydrogen) atoms. The Balaban J connectivity index is 1.63. The van der Waals surface area contributed by atoms with Crippen LogP contribution in [0.15, 0.2) is 82.0 Å². The average Bonchev–Trinajstić information content (AvgIpc) is 2.74.